The zero-order chi connectivity index (χ0) is 17.5. The van der Waals surface area contributed by atoms with Crippen LogP contribution < -0.4 is 5.56 Å². The second-order valence-electron chi connectivity index (χ2n) is 6.44. The molecule has 26 heavy (non-hydrogen) atoms. The molecule has 0 atom stereocenters. The lowest BCUT2D eigenvalue weighted by Crippen LogP contribution is -2.21. The van der Waals surface area contributed by atoms with Crippen LogP contribution in [-0.2, 0) is 19.4 Å². The monoisotopic (exact) mass is 348 g/mol. The SMILES string of the molecule is O=c1c2ccccc2ncn1Cc1nc(-c2n[nH]c3c2CCCC3)no1. The molecule has 0 bridgehead atoms. The first-order valence-electron chi connectivity index (χ1n) is 8.63. The standard InChI is InChI=1S/C18H16N6O2/c25-18-12-6-2-3-7-13(12)19-10-24(18)9-15-20-17(23-26-15)16-11-5-1-4-8-14(11)21-22-16/h2-3,6-7,10H,1,4-5,8-9H2,(H,21,22). The third-order valence-electron chi connectivity index (χ3n) is 4.77. The van der Waals surface area contributed by atoms with Gasteiger partial charge in [0.15, 0.2) is 0 Å². The second kappa shape index (κ2) is 5.91. The minimum absolute atomic E-state index is 0.132. The zero-order valence-electron chi connectivity index (χ0n) is 14.0. The normalized spacial score (nSPS) is 13.8. The average Bonchev–Trinajstić information content (AvgIpc) is 3.31. The Bertz CT molecular complexity index is 1160. The van der Waals surface area contributed by atoms with E-state index >= 15 is 0 Å². The Hall–Kier alpha value is -3.29. The van der Waals surface area contributed by atoms with Crippen LogP contribution in [0.25, 0.3) is 22.4 Å². The van der Waals surface area contributed by atoms with E-state index in [9.17, 15) is 4.79 Å². The number of H-pyrrole nitrogens is 1. The molecular weight excluding hydrogens is 332 g/mol. The molecule has 0 unspecified atom stereocenters. The topological polar surface area (TPSA) is 102 Å². The quantitative estimate of drug-likeness (QED) is 0.608. The molecule has 0 saturated heterocycles. The molecule has 0 amide bonds. The molecule has 0 aliphatic heterocycles. The molecule has 4 aromatic rings. The highest BCUT2D eigenvalue weighted by atomic mass is 16.5. The van der Waals surface area contributed by atoms with Crippen LogP contribution in [0.2, 0.25) is 0 Å². The van der Waals surface area contributed by atoms with E-state index in [4.69, 9.17) is 4.52 Å². The summed E-state index contributed by atoms with van der Waals surface area (Å²) in [5.41, 5.74) is 3.62. The predicted octanol–water partition coefficient (Wildman–Crippen LogP) is 2.10. The van der Waals surface area contributed by atoms with Gasteiger partial charge in [0, 0.05) is 11.3 Å². The van der Waals surface area contributed by atoms with Gasteiger partial charge in [-0.05, 0) is 37.8 Å². The van der Waals surface area contributed by atoms with E-state index in [-0.39, 0.29) is 12.1 Å². The molecule has 8 nitrogen and oxygen atoms in total. The zero-order valence-corrected chi connectivity index (χ0v) is 14.0. The van der Waals surface area contributed by atoms with Crippen LogP contribution in [0.5, 0.6) is 0 Å². The molecule has 130 valence electrons. The lowest BCUT2D eigenvalue weighted by atomic mass is 9.96. The van der Waals surface area contributed by atoms with E-state index in [1.165, 1.54) is 22.9 Å². The average molecular weight is 348 g/mol. The molecule has 1 aromatic carbocycles. The number of aryl methyl sites for hydroxylation is 1. The fourth-order valence-corrected chi connectivity index (χ4v) is 3.45. The third-order valence-corrected chi connectivity index (χ3v) is 4.77. The van der Waals surface area contributed by atoms with Crippen molar-refractivity contribution >= 4 is 10.9 Å². The molecular formula is C18H16N6O2. The summed E-state index contributed by atoms with van der Waals surface area (Å²) in [6.45, 7) is 0.177. The number of hydrogen-bond donors (Lipinski definition) is 1. The summed E-state index contributed by atoms with van der Waals surface area (Å²) in [5, 5.41) is 12.0. The molecule has 0 radical (unpaired) electrons. The van der Waals surface area contributed by atoms with E-state index in [0.29, 0.717) is 22.6 Å². The van der Waals surface area contributed by atoms with Crippen molar-refractivity contribution in [3.05, 3.63) is 58.1 Å². The Kier molecular flexibility index (Phi) is 3.41. The number of benzene rings is 1. The van der Waals surface area contributed by atoms with Crippen LogP contribution in [-0.4, -0.2) is 29.9 Å². The maximum atomic E-state index is 12.6. The van der Waals surface area contributed by atoms with Crippen molar-refractivity contribution in [2.45, 2.75) is 32.2 Å². The number of rotatable bonds is 3. The first kappa shape index (κ1) is 15.0. The van der Waals surface area contributed by atoms with Crippen LogP contribution in [0.1, 0.15) is 30.0 Å². The van der Waals surface area contributed by atoms with Crippen molar-refractivity contribution in [3.63, 3.8) is 0 Å². The fraction of sp³-hybridized carbons (Fsp3) is 0.278. The molecule has 0 spiro atoms. The smallest absolute Gasteiger partial charge is 0.261 e. The van der Waals surface area contributed by atoms with E-state index in [1.807, 2.05) is 18.2 Å². The lowest BCUT2D eigenvalue weighted by Gasteiger charge is -2.09. The van der Waals surface area contributed by atoms with Gasteiger partial charge in [-0.2, -0.15) is 10.1 Å². The molecule has 3 heterocycles. The number of nitrogens with zero attached hydrogens (tertiary/aromatic N) is 5. The molecule has 3 aromatic heterocycles. The Labute approximate surface area is 147 Å². The third kappa shape index (κ3) is 2.42. The van der Waals surface area contributed by atoms with Gasteiger partial charge in [0.25, 0.3) is 5.56 Å². The number of aromatic amines is 1. The highest BCUT2D eigenvalue weighted by Gasteiger charge is 2.21. The summed E-state index contributed by atoms with van der Waals surface area (Å²) in [6.07, 6.45) is 5.79. The molecule has 8 heteroatoms. The summed E-state index contributed by atoms with van der Waals surface area (Å²) >= 11 is 0. The highest BCUT2D eigenvalue weighted by molar-refractivity contribution is 5.76. The lowest BCUT2D eigenvalue weighted by molar-refractivity contribution is 0.369. The number of fused-ring (bicyclic) bond motifs is 2. The molecule has 1 aliphatic carbocycles. The van der Waals surface area contributed by atoms with E-state index < -0.39 is 0 Å². The molecule has 1 aliphatic rings. The van der Waals surface area contributed by atoms with Crippen LogP contribution in [0.15, 0.2) is 39.9 Å². The van der Waals surface area contributed by atoms with Gasteiger partial charge in [0.1, 0.15) is 12.2 Å². The Morgan fingerprint density at radius 2 is 2.08 bits per heavy atom. The summed E-state index contributed by atoms with van der Waals surface area (Å²) in [7, 11) is 0. The summed E-state index contributed by atoms with van der Waals surface area (Å²) < 4.78 is 6.82. The second-order valence-corrected chi connectivity index (χ2v) is 6.44. The van der Waals surface area contributed by atoms with Gasteiger partial charge in [-0.25, -0.2) is 4.98 Å². The van der Waals surface area contributed by atoms with Gasteiger partial charge in [0.05, 0.1) is 17.2 Å². The van der Waals surface area contributed by atoms with Crippen LogP contribution in [0.4, 0.5) is 0 Å². The maximum absolute atomic E-state index is 12.6. The van der Waals surface area contributed by atoms with Crippen LogP contribution in [0, 0.1) is 0 Å². The predicted molar refractivity (Wildman–Crippen MR) is 93.6 cm³/mol. The number of aromatic nitrogens is 6. The van der Waals surface area contributed by atoms with Gasteiger partial charge in [-0.15, -0.1) is 0 Å². The fourth-order valence-electron chi connectivity index (χ4n) is 3.45. The summed E-state index contributed by atoms with van der Waals surface area (Å²) in [6, 6.07) is 7.25. The van der Waals surface area contributed by atoms with Crippen molar-refractivity contribution in [3.8, 4) is 11.5 Å². The van der Waals surface area contributed by atoms with Crippen molar-refractivity contribution in [1.29, 1.82) is 0 Å². The molecule has 1 N–H and O–H groups in total. The highest BCUT2D eigenvalue weighted by Crippen LogP contribution is 2.27. The summed E-state index contributed by atoms with van der Waals surface area (Å²) in [4.78, 5) is 21.3. The van der Waals surface area contributed by atoms with Gasteiger partial charge in [0.2, 0.25) is 11.7 Å². The van der Waals surface area contributed by atoms with E-state index in [0.717, 1.165) is 30.7 Å². The largest absolute Gasteiger partial charge is 0.337 e. The van der Waals surface area contributed by atoms with Crippen molar-refractivity contribution in [1.82, 2.24) is 29.9 Å². The van der Waals surface area contributed by atoms with Gasteiger partial charge < -0.3 is 4.52 Å². The Balaban J connectivity index is 1.47. The first-order chi connectivity index (χ1) is 12.8. The first-order valence-corrected chi connectivity index (χ1v) is 8.63. The van der Waals surface area contributed by atoms with Gasteiger partial charge >= 0.3 is 0 Å². The van der Waals surface area contributed by atoms with Gasteiger partial charge in [-0.3, -0.25) is 14.5 Å². The number of nitrogens with one attached hydrogen (secondary N) is 1. The molecule has 5 rings (SSSR count). The van der Waals surface area contributed by atoms with Crippen molar-refractivity contribution in [2.75, 3.05) is 0 Å². The van der Waals surface area contributed by atoms with Crippen LogP contribution >= 0.6 is 0 Å². The minimum atomic E-state index is -0.132. The van der Waals surface area contributed by atoms with E-state index in [1.54, 1.807) is 6.07 Å². The van der Waals surface area contributed by atoms with E-state index in [2.05, 4.69) is 25.3 Å². The molecule has 0 saturated carbocycles. The van der Waals surface area contributed by atoms with Gasteiger partial charge in [-0.1, -0.05) is 17.3 Å². The minimum Gasteiger partial charge on any atom is -0.337 e. The number of hydrogen-bond acceptors (Lipinski definition) is 6. The molecule has 0 fully saturated rings. The van der Waals surface area contributed by atoms with Crippen LogP contribution in [0.3, 0.4) is 0 Å². The van der Waals surface area contributed by atoms with Crippen molar-refractivity contribution < 1.29 is 4.52 Å². The Morgan fingerprint density at radius 1 is 1.19 bits per heavy atom. The van der Waals surface area contributed by atoms with Crippen molar-refractivity contribution in [2.24, 2.45) is 0 Å². The summed E-state index contributed by atoms with van der Waals surface area (Å²) in [5.74, 6) is 0.813. The number of para-hydroxylation sites is 1. The maximum Gasteiger partial charge on any atom is 0.261 e. The Morgan fingerprint density at radius 3 is 3.04 bits per heavy atom.